The van der Waals surface area contributed by atoms with Gasteiger partial charge in [-0.2, -0.15) is 0 Å². The van der Waals surface area contributed by atoms with E-state index >= 15 is 4.39 Å². The Bertz CT molecular complexity index is 837. The Hall–Kier alpha value is -1.59. The van der Waals surface area contributed by atoms with Gasteiger partial charge >= 0.3 is 5.97 Å². The molecule has 0 radical (unpaired) electrons. The molecule has 172 valence electrons. The zero-order valence-corrected chi connectivity index (χ0v) is 19.0. The Labute approximate surface area is 183 Å². The lowest BCUT2D eigenvalue weighted by molar-refractivity contribution is -0.196. The molecule has 0 spiro atoms. The molecule has 0 aromatic heterocycles. The van der Waals surface area contributed by atoms with Gasteiger partial charge in [0.25, 0.3) is 0 Å². The van der Waals surface area contributed by atoms with Gasteiger partial charge in [0, 0.05) is 24.2 Å². The van der Waals surface area contributed by atoms with Crippen molar-refractivity contribution in [2.75, 3.05) is 6.67 Å². The van der Waals surface area contributed by atoms with Crippen LogP contribution in [0.3, 0.4) is 0 Å². The molecular weight excluding hydrogens is 402 g/mol. The van der Waals surface area contributed by atoms with E-state index in [1.807, 2.05) is 13.8 Å². The van der Waals surface area contributed by atoms with Crippen LogP contribution in [0.25, 0.3) is 0 Å². The lowest BCUT2D eigenvalue weighted by atomic mass is 9.46. The predicted molar refractivity (Wildman–Crippen MR) is 112 cm³/mol. The molecule has 0 aromatic rings. The number of hydrogen-bond donors (Lipinski definition) is 0. The van der Waals surface area contributed by atoms with Gasteiger partial charge < -0.3 is 4.74 Å². The van der Waals surface area contributed by atoms with E-state index < -0.39 is 35.6 Å². The highest BCUT2D eigenvalue weighted by Crippen LogP contribution is 2.69. The van der Waals surface area contributed by atoms with Gasteiger partial charge in [0.1, 0.15) is 6.17 Å². The number of Topliss-reactive ketones (excluding diaryl/α,β-unsaturated/α-hetero) is 1. The summed E-state index contributed by atoms with van der Waals surface area (Å²) in [6.07, 6.45) is 3.87. The lowest BCUT2D eigenvalue weighted by Gasteiger charge is -2.59. The summed E-state index contributed by atoms with van der Waals surface area (Å²) in [6.45, 7) is 6.42. The zero-order chi connectivity index (χ0) is 22.8. The molecule has 3 fully saturated rings. The van der Waals surface area contributed by atoms with Crippen molar-refractivity contribution < 1.29 is 27.9 Å². The number of fused-ring (bicyclic) bond motifs is 5. The van der Waals surface area contributed by atoms with Crippen molar-refractivity contribution in [2.24, 2.45) is 34.5 Å². The molecule has 31 heavy (non-hydrogen) atoms. The fourth-order valence-corrected chi connectivity index (χ4v) is 8.10. The second-order valence-electron chi connectivity index (χ2n) is 10.8. The minimum atomic E-state index is -1.49. The lowest BCUT2D eigenvalue weighted by Crippen LogP contribution is -2.61. The van der Waals surface area contributed by atoms with Gasteiger partial charge in [-0.25, -0.2) is 8.78 Å². The molecule has 3 saturated carbocycles. The van der Waals surface area contributed by atoms with Crippen molar-refractivity contribution >= 4 is 17.5 Å². The van der Waals surface area contributed by atoms with E-state index in [2.05, 4.69) is 6.92 Å². The first-order valence-corrected chi connectivity index (χ1v) is 11.7. The zero-order valence-electron chi connectivity index (χ0n) is 19.0. The third-order valence-corrected chi connectivity index (χ3v) is 9.58. The maximum absolute atomic E-state index is 15.4. The van der Waals surface area contributed by atoms with Crippen molar-refractivity contribution in [1.82, 2.24) is 0 Å². The van der Waals surface area contributed by atoms with E-state index in [1.54, 1.807) is 6.92 Å². The fraction of sp³-hybridized carbons (Fsp3) is 0.800. The van der Waals surface area contributed by atoms with E-state index in [1.165, 1.54) is 6.08 Å². The molecule has 0 heterocycles. The summed E-state index contributed by atoms with van der Waals surface area (Å²) in [5.41, 5.74) is -1.93. The normalized spacial score (nSPS) is 46.5. The van der Waals surface area contributed by atoms with Crippen LogP contribution in [0.5, 0.6) is 0 Å². The fourth-order valence-electron chi connectivity index (χ4n) is 8.10. The van der Waals surface area contributed by atoms with Crippen LogP contribution in [-0.4, -0.2) is 36.0 Å². The SMILES string of the molecule is CCC(=O)O[C@@]1(C(=O)CF)[C@@H](C)C[C@H]2[C@@H]3C[C@H](F)C4=CC(=O)CC[C@]4(C)[C@H]3CC[C@@]21C. The minimum Gasteiger partial charge on any atom is -0.450 e. The molecule has 4 aliphatic carbocycles. The maximum Gasteiger partial charge on any atom is 0.306 e. The predicted octanol–water partition coefficient (Wildman–Crippen LogP) is 4.94. The Kier molecular flexibility index (Phi) is 5.45. The summed E-state index contributed by atoms with van der Waals surface area (Å²) in [5, 5.41) is 0. The van der Waals surface area contributed by atoms with Crippen LogP contribution in [0.1, 0.15) is 72.6 Å². The van der Waals surface area contributed by atoms with Crippen molar-refractivity contribution in [3.63, 3.8) is 0 Å². The second-order valence-corrected chi connectivity index (χ2v) is 10.8. The summed E-state index contributed by atoms with van der Waals surface area (Å²) < 4.78 is 35.1. The molecule has 0 amide bonds. The maximum atomic E-state index is 15.4. The first-order chi connectivity index (χ1) is 14.5. The molecular formula is C25H34F2O4. The Morgan fingerprint density at radius 3 is 2.55 bits per heavy atom. The topological polar surface area (TPSA) is 60.4 Å². The molecule has 6 heteroatoms. The number of allylic oxidation sites excluding steroid dienone is 1. The Balaban J connectivity index is 1.77. The van der Waals surface area contributed by atoms with Gasteiger partial charge in [-0.15, -0.1) is 0 Å². The van der Waals surface area contributed by atoms with Crippen LogP contribution in [0.15, 0.2) is 11.6 Å². The van der Waals surface area contributed by atoms with Crippen LogP contribution >= 0.6 is 0 Å². The number of esters is 1. The van der Waals surface area contributed by atoms with Gasteiger partial charge in [0.15, 0.2) is 18.1 Å². The highest BCUT2D eigenvalue weighted by Gasteiger charge is 2.71. The summed E-state index contributed by atoms with van der Waals surface area (Å²) in [6, 6.07) is 0. The number of rotatable bonds is 4. The highest BCUT2D eigenvalue weighted by molar-refractivity contribution is 5.93. The second kappa shape index (κ2) is 7.48. The molecule has 0 bridgehead atoms. The molecule has 0 aliphatic heterocycles. The van der Waals surface area contributed by atoms with E-state index in [4.69, 9.17) is 4.74 Å². The van der Waals surface area contributed by atoms with E-state index in [9.17, 15) is 18.8 Å². The van der Waals surface area contributed by atoms with Gasteiger partial charge in [-0.05, 0) is 66.9 Å². The van der Waals surface area contributed by atoms with E-state index in [0.29, 0.717) is 37.7 Å². The van der Waals surface area contributed by atoms with Crippen LogP contribution in [0.2, 0.25) is 0 Å². The van der Waals surface area contributed by atoms with Crippen LogP contribution < -0.4 is 0 Å². The highest BCUT2D eigenvalue weighted by atomic mass is 19.1. The van der Waals surface area contributed by atoms with Crippen molar-refractivity contribution in [3.8, 4) is 0 Å². The number of carbonyl (C=O) groups is 3. The number of hydrogen-bond acceptors (Lipinski definition) is 4. The number of carbonyl (C=O) groups excluding carboxylic acids is 3. The summed E-state index contributed by atoms with van der Waals surface area (Å²) in [4.78, 5) is 37.4. The summed E-state index contributed by atoms with van der Waals surface area (Å²) >= 11 is 0. The van der Waals surface area contributed by atoms with Crippen molar-refractivity contribution in [3.05, 3.63) is 11.6 Å². The number of ketones is 2. The minimum absolute atomic E-state index is 0.00255. The van der Waals surface area contributed by atoms with Gasteiger partial charge in [0.2, 0.25) is 5.78 Å². The summed E-state index contributed by atoms with van der Waals surface area (Å²) in [5.74, 6) is -1.28. The van der Waals surface area contributed by atoms with Crippen LogP contribution in [-0.2, 0) is 19.1 Å². The number of halogens is 2. The molecule has 4 rings (SSSR count). The van der Waals surface area contributed by atoms with Crippen LogP contribution in [0.4, 0.5) is 8.78 Å². The third kappa shape index (κ3) is 2.92. The van der Waals surface area contributed by atoms with Crippen LogP contribution in [0, 0.1) is 34.5 Å². The number of alkyl halides is 2. The quantitative estimate of drug-likeness (QED) is 0.586. The Morgan fingerprint density at radius 1 is 1.19 bits per heavy atom. The van der Waals surface area contributed by atoms with E-state index in [-0.39, 0.29) is 41.3 Å². The first-order valence-electron chi connectivity index (χ1n) is 11.7. The van der Waals surface area contributed by atoms with Gasteiger partial charge in [-0.3, -0.25) is 14.4 Å². The summed E-state index contributed by atoms with van der Waals surface area (Å²) in [7, 11) is 0. The van der Waals surface area contributed by atoms with Crippen molar-refractivity contribution in [2.45, 2.75) is 84.4 Å². The standard InChI is InChI=1S/C25H34F2O4/c1-5-22(30)31-25(21(29)13-26)14(2)10-18-16-12-20(27)19-11-15(28)6-8-23(19,3)17(16)7-9-24(18,25)4/h11,14,16-18,20H,5-10,12-13H2,1-4H3/t14-,16+,17-,18-,20-,23+,24-,25+/m0/s1. The van der Waals surface area contributed by atoms with E-state index in [0.717, 1.165) is 6.42 Å². The smallest absolute Gasteiger partial charge is 0.306 e. The largest absolute Gasteiger partial charge is 0.450 e. The first kappa shape index (κ1) is 22.6. The monoisotopic (exact) mass is 436 g/mol. The molecule has 0 aromatic carbocycles. The van der Waals surface area contributed by atoms with Crippen molar-refractivity contribution in [1.29, 1.82) is 0 Å². The average molecular weight is 437 g/mol. The van der Waals surface area contributed by atoms with Gasteiger partial charge in [0.05, 0.1) is 0 Å². The van der Waals surface area contributed by atoms with Gasteiger partial charge in [-0.1, -0.05) is 27.7 Å². The molecule has 0 saturated heterocycles. The number of ether oxygens (including phenoxy) is 1. The molecule has 4 nitrogen and oxygen atoms in total. The average Bonchev–Trinajstić information content (AvgIpc) is 2.96. The molecule has 8 atom stereocenters. The third-order valence-electron chi connectivity index (χ3n) is 9.58. The molecule has 0 N–H and O–H groups in total. The molecule has 4 aliphatic rings. The Morgan fingerprint density at radius 2 is 1.90 bits per heavy atom. The molecule has 0 unspecified atom stereocenters.